The van der Waals surface area contributed by atoms with Gasteiger partial charge in [0.2, 0.25) is 5.56 Å². The second-order valence-electron chi connectivity index (χ2n) is 3.05. The number of aromatic carboxylic acids is 1. The molecule has 1 heterocycles. The van der Waals surface area contributed by atoms with Crippen molar-refractivity contribution in [1.82, 2.24) is 4.98 Å². The highest BCUT2D eigenvalue weighted by atomic mass is 19.1. The first-order chi connectivity index (χ1) is 7.08. The van der Waals surface area contributed by atoms with Gasteiger partial charge in [-0.3, -0.25) is 4.79 Å². The van der Waals surface area contributed by atoms with Crippen molar-refractivity contribution in [2.24, 2.45) is 0 Å². The highest BCUT2D eigenvalue weighted by molar-refractivity contribution is 5.93. The fourth-order valence-electron chi connectivity index (χ4n) is 1.34. The number of nitrogens with one attached hydrogen (secondary N) is 1. The summed E-state index contributed by atoms with van der Waals surface area (Å²) in [5.41, 5.74) is -0.482. The molecule has 0 bridgehead atoms. The van der Waals surface area contributed by atoms with Crippen LogP contribution in [0.3, 0.4) is 0 Å². The number of hydrogen-bond donors (Lipinski definition) is 2. The molecule has 0 saturated carbocycles. The third kappa shape index (κ3) is 1.59. The third-order valence-electron chi connectivity index (χ3n) is 2.04. The quantitative estimate of drug-likeness (QED) is 0.741. The zero-order valence-electron chi connectivity index (χ0n) is 7.45. The average Bonchev–Trinajstić information content (AvgIpc) is 2.15. The van der Waals surface area contributed by atoms with Gasteiger partial charge in [0.15, 0.2) is 0 Å². The summed E-state index contributed by atoms with van der Waals surface area (Å²) in [4.78, 5) is 23.9. The van der Waals surface area contributed by atoms with Gasteiger partial charge in [-0.05, 0) is 23.6 Å². The summed E-state index contributed by atoms with van der Waals surface area (Å²) in [7, 11) is 0. The number of carboxylic acids is 1. The van der Waals surface area contributed by atoms with Gasteiger partial charge in [0.1, 0.15) is 5.82 Å². The Kier molecular flexibility index (Phi) is 2.00. The summed E-state index contributed by atoms with van der Waals surface area (Å²) >= 11 is 0. The third-order valence-corrected chi connectivity index (χ3v) is 2.04. The Hall–Kier alpha value is -2.17. The van der Waals surface area contributed by atoms with Gasteiger partial charge < -0.3 is 10.1 Å². The van der Waals surface area contributed by atoms with Gasteiger partial charge in [-0.2, -0.15) is 0 Å². The van der Waals surface area contributed by atoms with Crippen LogP contribution in [-0.4, -0.2) is 16.1 Å². The number of carboxylic acid groups (broad SMARTS) is 1. The number of carbonyl (C=O) groups is 1. The average molecular weight is 207 g/mol. The van der Waals surface area contributed by atoms with Crippen LogP contribution < -0.4 is 5.56 Å². The van der Waals surface area contributed by atoms with Gasteiger partial charge in [-0.1, -0.05) is 0 Å². The molecule has 0 radical (unpaired) electrons. The first-order valence-electron chi connectivity index (χ1n) is 4.14. The molecule has 0 aliphatic heterocycles. The topological polar surface area (TPSA) is 70.2 Å². The number of pyridine rings is 1. The van der Waals surface area contributed by atoms with Gasteiger partial charge >= 0.3 is 5.97 Å². The van der Waals surface area contributed by atoms with E-state index in [4.69, 9.17) is 5.11 Å². The van der Waals surface area contributed by atoms with E-state index in [0.29, 0.717) is 5.39 Å². The van der Waals surface area contributed by atoms with Gasteiger partial charge in [-0.15, -0.1) is 0 Å². The Bertz CT molecular complexity index is 603. The maximum atomic E-state index is 13.2. The minimum absolute atomic E-state index is 0.282. The molecule has 15 heavy (non-hydrogen) atoms. The van der Waals surface area contributed by atoms with Gasteiger partial charge in [-0.25, -0.2) is 9.18 Å². The zero-order chi connectivity index (χ0) is 11.0. The van der Waals surface area contributed by atoms with Crippen LogP contribution in [0.2, 0.25) is 0 Å². The predicted octanol–water partition coefficient (Wildman–Crippen LogP) is 1.37. The number of rotatable bonds is 1. The number of H-pyrrole nitrogens is 1. The van der Waals surface area contributed by atoms with Crippen LogP contribution in [0.5, 0.6) is 0 Å². The van der Waals surface area contributed by atoms with Crippen molar-refractivity contribution < 1.29 is 14.3 Å². The second kappa shape index (κ2) is 3.20. The molecular weight excluding hydrogens is 201 g/mol. The van der Waals surface area contributed by atoms with Crippen LogP contribution >= 0.6 is 0 Å². The standard InChI is InChI=1S/C10H6FNO3/c11-7-4-8-5(1-2-9(13)12-8)3-6(7)10(14)15/h1-4H,(H,12,13)(H,14,15). The minimum atomic E-state index is -1.33. The summed E-state index contributed by atoms with van der Waals surface area (Å²) in [6.45, 7) is 0. The fourth-order valence-corrected chi connectivity index (χ4v) is 1.34. The Balaban J connectivity index is 2.82. The number of hydrogen-bond acceptors (Lipinski definition) is 2. The van der Waals surface area contributed by atoms with Crippen molar-refractivity contribution >= 4 is 16.9 Å². The molecule has 0 unspecified atom stereocenters. The van der Waals surface area contributed by atoms with Gasteiger partial charge in [0, 0.05) is 6.07 Å². The highest BCUT2D eigenvalue weighted by Crippen LogP contribution is 2.16. The van der Waals surface area contributed by atoms with Crippen molar-refractivity contribution in [2.45, 2.75) is 0 Å². The molecule has 1 aromatic heterocycles. The maximum absolute atomic E-state index is 13.2. The van der Waals surface area contributed by atoms with Crippen molar-refractivity contribution in [3.8, 4) is 0 Å². The number of halogens is 1. The van der Waals surface area contributed by atoms with E-state index in [1.54, 1.807) is 0 Å². The molecule has 0 spiro atoms. The molecule has 0 amide bonds. The molecule has 2 rings (SSSR count). The van der Waals surface area contributed by atoms with E-state index in [1.807, 2.05) is 0 Å². The Labute approximate surface area is 83.0 Å². The molecule has 5 heteroatoms. The molecule has 76 valence electrons. The molecule has 0 aliphatic carbocycles. The van der Waals surface area contributed by atoms with Gasteiger partial charge in [0.25, 0.3) is 0 Å². The van der Waals surface area contributed by atoms with E-state index in [2.05, 4.69) is 4.98 Å². The van der Waals surface area contributed by atoms with Crippen LogP contribution in [0, 0.1) is 5.82 Å². The summed E-state index contributed by atoms with van der Waals surface area (Å²) < 4.78 is 13.2. The molecule has 0 fully saturated rings. The van der Waals surface area contributed by atoms with Crippen LogP contribution in [-0.2, 0) is 0 Å². The second-order valence-corrected chi connectivity index (χ2v) is 3.05. The first kappa shape index (κ1) is 9.39. The van der Waals surface area contributed by atoms with E-state index in [1.165, 1.54) is 18.2 Å². The Morgan fingerprint density at radius 2 is 2.07 bits per heavy atom. The molecule has 0 saturated heterocycles. The molecular formula is C10H6FNO3. The summed E-state index contributed by atoms with van der Waals surface area (Å²) in [6, 6.07) is 4.88. The van der Waals surface area contributed by atoms with Crippen LogP contribution in [0.25, 0.3) is 10.9 Å². The monoisotopic (exact) mass is 207 g/mol. The molecule has 0 aliphatic rings. The lowest BCUT2D eigenvalue weighted by Gasteiger charge is -2.00. The number of fused-ring (bicyclic) bond motifs is 1. The normalized spacial score (nSPS) is 10.5. The highest BCUT2D eigenvalue weighted by Gasteiger charge is 2.11. The Morgan fingerprint density at radius 3 is 2.73 bits per heavy atom. The van der Waals surface area contributed by atoms with E-state index in [0.717, 1.165) is 6.07 Å². The molecule has 1 aromatic carbocycles. The van der Waals surface area contributed by atoms with E-state index in [-0.39, 0.29) is 11.1 Å². The molecule has 0 atom stereocenters. The van der Waals surface area contributed by atoms with E-state index >= 15 is 0 Å². The number of aromatic nitrogens is 1. The molecule has 4 nitrogen and oxygen atoms in total. The maximum Gasteiger partial charge on any atom is 0.338 e. The predicted molar refractivity (Wildman–Crippen MR) is 51.5 cm³/mol. The lowest BCUT2D eigenvalue weighted by Crippen LogP contribution is -2.05. The fraction of sp³-hybridized carbons (Fsp3) is 0. The van der Waals surface area contributed by atoms with Crippen LogP contribution in [0.1, 0.15) is 10.4 Å². The van der Waals surface area contributed by atoms with Crippen molar-refractivity contribution in [2.75, 3.05) is 0 Å². The molecule has 2 N–H and O–H groups in total. The Morgan fingerprint density at radius 1 is 1.33 bits per heavy atom. The summed E-state index contributed by atoms with van der Waals surface area (Å²) in [5.74, 6) is -2.20. The number of benzene rings is 1. The first-order valence-corrected chi connectivity index (χ1v) is 4.14. The zero-order valence-corrected chi connectivity index (χ0v) is 7.45. The largest absolute Gasteiger partial charge is 0.478 e. The summed E-state index contributed by atoms with van der Waals surface area (Å²) in [5, 5.41) is 9.15. The SMILES string of the molecule is O=C(O)c1cc2ccc(=O)[nH]c2cc1F. The van der Waals surface area contributed by atoms with Crippen LogP contribution in [0.15, 0.2) is 29.1 Å². The van der Waals surface area contributed by atoms with E-state index in [9.17, 15) is 14.0 Å². The minimum Gasteiger partial charge on any atom is -0.478 e. The smallest absolute Gasteiger partial charge is 0.338 e. The van der Waals surface area contributed by atoms with Gasteiger partial charge in [0.05, 0.1) is 11.1 Å². The number of aromatic amines is 1. The van der Waals surface area contributed by atoms with Crippen molar-refractivity contribution in [3.63, 3.8) is 0 Å². The van der Waals surface area contributed by atoms with Crippen LogP contribution in [0.4, 0.5) is 4.39 Å². The van der Waals surface area contributed by atoms with Crippen molar-refractivity contribution in [3.05, 3.63) is 46.0 Å². The summed E-state index contributed by atoms with van der Waals surface area (Å²) in [6.07, 6.45) is 0. The lowest BCUT2D eigenvalue weighted by molar-refractivity contribution is 0.0692. The molecule has 2 aromatic rings. The van der Waals surface area contributed by atoms with Crippen molar-refractivity contribution in [1.29, 1.82) is 0 Å². The van der Waals surface area contributed by atoms with E-state index < -0.39 is 17.3 Å². The lowest BCUT2D eigenvalue weighted by atomic mass is 10.1.